The zero-order chi connectivity index (χ0) is 11.6. The fourth-order valence-corrected chi connectivity index (χ4v) is 1.38. The minimum Gasteiger partial charge on any atom is -0.444 e. The smallest absolute Gasteiger partial charge is 0.410 e. The van der Waals surface area contributed by atoms with Gasteiger partial charge >= 0.3 is 6.09 Å². The highest BCUT2D eigenvalue weighted by Crippen LogP contribution is 2.17. The average Bonchev–Trinajstić information content (AvgIpc) is 2.06. The monoisotopic (exact) mass is 218 g/mol. The van der Waals surface area contributed by atoms with E-state index in [1.807, 2.05) is 0 Å². The Morgan fingerprint density at radius 2 is 2.07 bits per heavy atom. The molecular weight excluding hydrogens is 201 g/mol. The third-order valence-corrected chi connectivity index (χ3v) is 2.13. The number of halogens is 1. The van der Waals surface area contributed by atoms with E-state index in [0.29, 0.717) is 0 Å². The molecule has 1 heterocycles. The van der Waals surface area contributed by atoms with Crippen LogP contribution in [-0.4, -0.2) is 42.0 Å². The van der Waals surface area contributed by atoms with E-state index in [1.54, 1.807) is 20.8 Å². The Bertz CT molecular complexity index is 239. The first-order valence-corrected chi connectivity index (χ1v) is 5.07. The molecule has 1 aliphatic rings. The van der Waals surface area contributed by atoms with Crippen LogP contribution in [0.25, 0.3) is 0 Å². The number of hydrogen-bond acceptors (Lipinski definition) is 2. The first-order valence-electron chi connectivity index (χ1n) is 5.07. The first kappa shape index (κ1) is 12.2. The number of carbonyl (C=O) groups is 1. The molecular formula is C10H17FNO3. The summed E-state index contributed by atoms with van der Waals surface area (Å²) in [5, 5.41) is 11.0. The SMILES string of the molecule is CC(C)(C)OC(=O)N1CCC([O])C(F)C1. The maximum Gasteiger partial charge on any atom is 0.410 e. The Hall–Kier alpha value is -0.840. The predicted molar refractivity (Wildman–Crippen MR) is 51.8 cm³/mol. The van der Waals surface area contributed by atoms with Crippen LogP contribution in [0.4, 0.5) is 9.18 Å². The van der Waals surface area contributed by atoms with Crippen molar-refractivity contribution in [1.29, 1.82) is 0 Å². The highest BCUT2D eigenvalue weighted by Gasteiger charge is 2.33. The lowest BCUT2D eigenvalue weighted by Gasteiger charge is -2.32. The Balaban J connectivity index is 2.48. The molecule has 87 valence electrons. The molecule has 0 spiro atoms. The molecule has 5 heteroatoms. The number of piperidine rings is 1. The second-order valence-corrected chi connectivity index (χ2v) is 4.77. The Morgan fingerprint density at radius 3 is 2.53 bits per heavy atom. The van der Waals surface area contributed by atoms with Crippen molar-refractivity contribution in [3.05, 3.63) is 0 Å². The number of rotatable bonds is 0. The van der Waals surface area contributed by atoms with Crippen molar-refractivity contribution in [3.63, 3.8) is 0 Å². The Labute approximate surface area is 89.0 Å². The average molecular weight is 218 g/mol. The largest absolute Gasteiger partial charge is 0.444 e. The Morgan fingerprint density at radius 1 is 1.47 bits per heavy atom. The molecule has 2 unspecified atom stereocenters. The van der Waals surface area contributed by atoms with Gasteiger partial charge < -0.3 is 9.64 Å². The van der Waals surface area contributed by atoms with E-state index < -0.39 is 24.0 Å². The van der Waals surface area contributed by atoms with Crippen LogP contribution in [0.5, 0.6) is 0 Å². The fraction of sp³-hybridized carbons (Fsp3) is 0.900. The van der Waals surface area contributed by atoms with Gasteiger partial charge in [-0.25, -0.2) is 14.3 Å². The summed E-state index contributed by atoms with van der Waals surface area (Å²) in [7, 11) is 0. The van der Waals surface area contributed by atoms with Crippen LogP contribution in [0.15, 0.2) is 0 Å². The highest BCUT2D eigenvalue weighted by molar-refractivity contribution is 5.68. The summed E-state index contributed by atoms with van der Waals surface area (Å²) in [5.74, 6) is 0. The van der Waals surface area contributed by atoms with Gasteiger partial charge in [-0.2, -0.15) is 0 Å². The van der Waals surface area contributed by atoms with Gasteiger partial charge in [0, 0.05) is 6.54 Å². The molecule has 1 aliphatic heterocycles. The summed E-state index contributed by atoms with van der Waals surface area (Å²) in [6.07, 6.45) is -3.08. The molecule has 2 atom stereocenters. The van der Waals surface area contributed by atoms with Gasteiger partial charge in [-0.05, 0) is 27.2 Å². The number of alkyl halides is 1. The van der Waals surface area contributed by atoms with Gasteiger partial charge in [-0.1, -0.05) is 0 Å². The molecule has 0 aromatic carbocycles. The zero-order valence-electron chi connectivity index (χ0n) is 9.33. The van der Waals surface area contributed by atoms with Crippen LogP contribution in [0.1, 0.15) is 27.2 Å². The molecule has 4 nitrogen and oxygen atoms in total. The van der Waals surface area contributed by atoms with E-state index in [0.717, 1.165) is 0 Å². The van der Waals surface area contributed by atoms with Crippen molar-refractivity contribution in [3.8, 4) is 0 Å². The zero-order valence-corrected chi connectivity index (χ0v) is 9.33. The van der Waals surface area contributed by atoms with Crippen LogP contribution in [0.3, 0.4) is 0 Å². The second kappa shape index (κ2) is 4.35. The summed E-state index contributed by atoms with van der Waals surface area (Å²) in [4.78, 5) is 12.8. The molecule has 1 radical (unpaired) electrons. The number of ether oxygens (including phenoxy) is 1. The third-order valence-electron chi connectivity index (χ3n) is 2.13. The summed E-state index contributed by atoms with van der Waals surface area (Å²) in [6, 6.07) is 0. The van der Waals surface area contributed by atoms with Crippen LogP contribution in [-0.2, 0) is 9.84 Å². The molecule has 15 heavy (non-hydrogen) atoms. The van der Waals surface area contributed by atoms with E-state index in [-0.39, 0.29) is 19.5 Å². The van der Waals surface area contributed by atoms with Gasteiger partial charge in [0.15, 0.2) is 0 Å². The van der Waals surface area contributed by atoms with Crippen molar-refractivity contribution in [2.24, 2.45) is 0 Å². The van der Waals surface area contributed by atoms with Crippen LogP contribution in [0.2, 0.25) is 0 Å². The predicted octanol–water partition coefficient (Wildman–Crippen LogP) is 1.76. The number of carbonyl (C=O) groups excluding carboxylic acids is 1. The minimum absolute atomic E-state index is 0.150. The lowest BCUT2D eigenvalue weighted by atomic mass is 10.1. The standard InChI is InChI=1S/C10H17FNO3/c1-10(2,3)15-9(14)12-5-4-8(13)7(11)6-12/h7-8H,4-6H2,1-3H3. The lowest BCUT2D eigenvalue weighted by Crippen LogP contribution is -2.48. The van der Waals surface area contributed by atoms with Crippen molar-refractivity contribution < 1.29 is 19.0 Å². The fourth-order valence-electron chi connectivity index (χ4n) is 1.38. The van der Waals surface area contributed by atoms with Gasteiger partial charge in [-0.3, -0.25) is 0 Å². The van der Waals surface area contributed by atoms with Gasteiger partial charge in [0.2, 0.25) is 0 Å². The van der Waals surface area contributed by atoms with Crippen molar-refractivity contribution in [2.45, 2.75) is 45.1 Å². The summed E-state index contributed by atoms with van der Waals surface area (Å²) < 4.78 is 18.1. The van der Waals surface area contributed by atoms with E-state index in [1.165, 1.54) is 4.90 Å². The van der Waals surface area contributed by atoms with Crippen LogP contribution in [0, 0.1) is 0 Å². The third kappa shape index (κ3) is 3.66. The molecule has 1 rings (SSSR count). The van der Waals surface area contributed by atoms with Gasteiger partial charge in [0.1, 0.15) is 17.9 Å². The quantitative estimate of drug-likeness (QED) is 0.622. The molecule has 0 saturated carbocycles. The van der Waals surface area contributed by atoms with E-state index in [9.17, 15) is 14.3 Å². The number of likely N-dealkylation sites (tertiary alicyclic amines) is 1. The van der Waals surface area contributed by atoms with E-state index in [4.69, 9.17) is 4.74 Å². The molecule has 1 fully saturated rings. The van der Waals surface area contributed by atoms with E-state index >= 15 is 0 Å². The maximum absolute atomic E-state index is 13.1. The maximum atomic E-state index is 13.1. The Kier molecular flexibility index (Phi) is 3.54. The number of hydrogen-bond donors (Lipinski definition) is 0. The van der Waals surface area contributed by atoms with Gasteiger partial charge in [-0.15, -0.1) is 0 Å². The molecule has 1 saturated heterocycles. The van der Waals surface area contributed by atoms with Crippen molar-refractivity contribution >= 4 is 6.09 Å². The molecule has 0 N–H and O–H groups in total. The van der Waals surface area contributed by atoms with Gasteiger partial charge in [0.05, 0.1) is 6.54 Å². The summed E-state index contributed by atoms with van der Waals surface area (Å²) >= 11 is 0. The second-order valence-electron chi connectivity index (χ2n) is 4.77. The normalized spacial score (nSPS) is 27.7. The molecule has 0 aromatic rings. The highest BCUT2D eigenvalue weighted by atomic mass is 19.1. The number of amides is 1. The van der Waals surface area contributed by atoms with Crippen molar-refractivity contribution in [1.82, 2.24) is 4.90 Å². The molecule has 1 amide bonds. The lowest BCUT2D eigenvalue weighted by molar-refractivity contribution is -0.0433. The van der Waals surface area contributed by atoms with Crippen molar-refractivity contribution in [2.75, 3.05) is 13.1 Å². The summed E-state index contributed by atoms with van der Waals surface area (Å²) in [6.45, 7) is 5.38. The van der Waals surface area contributed by atoms with E-state index in [2.05, 4.69) is 0 Å². The molecule has 0 aliphatic carbocycles. The minimum atomic E-state index is -1.48. The topological polar surface area (TPSA) is 49.4 Å². The summed E-state index contributed by atoms with van der Waals surface area (Å²) in [5.41, 5.74) is -0.586. The first-order chi connectivity index (χ1) is 6.79. The molecule has 0 aromatic heterocycles. The molecule has 0 bridgehead atoms. The van der Waals surface area contributed by atoms with Crippen LogP contribution >= 0.6 is 0 Å². The van der Waals surface area contributed by atoms with Gasteiger partial charge in [0.25, 0.3) is 0 Å². The number of nitrogens with zero attached hydrogens (tertiary/aromatic N) is 1. The van der Waals surface area contributed by atoms with Crippen LogP contribution < -0.4 is 0 Å².